The van der Waals surface area contributed by atoms with E-state index in [4.69, 9.17) is 0 Å². The van der Waals surface area contributed by atoms with Gasteiger partial charge in [0.05, 0.1) is 0 Å². The lowest BCUT2D eigenvalue weighted by molar-refractivity contribution is 0.605. The van der Waals surface area contributed by atoms with Crippen LogP contribution >= 0.6 is 48.9 Å². The van der Waals surface area contributed by atoms with E-state index in [2.05, 4.69) is 26.8 Å². The molecule has 0 spiro atoms. The number of rotatable bonds is 2. The van der Waals surface area contributed by atoms with Gasteiger partial charge in [0.25, 0.3) is 0 Å². The second-order valence-electron chi connectivity index (χ2n) is 0.751. The summed E-state index contributed by atoms with van der Waals surface area (Å²) in [6.07, 6.45) is 0. The molecule has 0 rings (SSSR count). The highest BCUT2D eigenvalue weighted by molar-refractivity contribution is 8.93. The molecule has 0 fully saturated rings. The van der Waals surface area contributed by atoms with Crippen LogP contribution in [0.25, 0.3) is 0 Å². The van der Waals surface area contributed by atoms with Crippen molar-refractivity contribution in [2.45, 2.75) is 0 Å². The van der Waals surface area contributed by atoms with Crippen molar-refractivity contribution in [3.63, 3.8) is 0 Å². The van der Waals surface area contributed by atoms with Crippen LogP contribution in [0.1, 0.15) is 0 Å². The fourth-order valence-corrected chi connectivity index (χ4v) is 3.42. The van der Waals surface area contributed by atoms with Crippen molar-refractivity contribution < 1.29 is 4.57 Å². The monoisotopic (exact) mass is 207 g/mol. The number of hydrogen-bond donors (Lipinski definition) is 0. The Bertz CT molecular complexity index is 57.2. The molecule has 0 aromatic heterocycles. The summed E-state index contributed by atoms with van der Waals surface area (Å²) in [6, 6.07) is 0. The van der Waals surface area contributed by atoms with E-state index in [1.807, 2.05) is 0 Å². The standard InChI is InChI=1S/H5OP6/c1-5-7(4)6(2)3/h4H,2-3H2/q-1. The smallest absolute Gasteiger partial charge is 0.153 e. The molecule has 0 amide bonds. The minimum absolute atomic E-state index is 0.175. The second-order valence-corrected chi connectivity index (χ2v) is 18.8. The van der Waals surface area contributed by atoms with E-state index < -0.39 is 6.99 Å². The SMILES string of the molecule is O=PP([PH-])P(P)P. The minimum atomic E-state index is -0.424. The maximum atomic E-state index is 10.0. The summed E-state index contributed by atoms with van der Waals surface area (Å²) in [4.78, 5) is 0. The van der Waals surface area contributed by atoms with Crippen molar-refractivity contribution in [1.29, 1.82) is 0 Å². The Morgan fingerprint density at radius 1 is 1.57 bits per heavy atom. The molecule has 0 aliphatic carbocycles. The molecule has 3 atom stereocenters. The molecule has 0 bridgehead atoms. The zero-order chi connectivity index (χ0) is 5.86. The molecule has 0 aliphatic rings. The predicted octanol–water partition coefficient (Wildman–Crippen LogP) is 3.71. The first-order valence-corrected chi connectivity index (χ1v) is 10.8. The van der Waals surface area contributed by atoms with Crippen molar-refractivity contribution in [2.75, 3.05) is 0 Å². The minimum Gasteiger partial charge on any atom is -0.508 e. The zero-order valence-electron chi connectivity index (χ0n) is 3.40. The fraction of sp³-hybridized carbons (Fsp3) is 0. The third-order valence-corrected chi connectivity index (χ3v) is 19.8. The average Bonchev–Trinajstić information content (AvgIpc) is 1.65. The Morgan fingerprint density at radius 2 is 2.00 bits per heavy atom. The van der Waals surface area contributed by atoms with Crippen molar-refractivity contribution >= 4 is 48.9 Å². The summed E-state index contributed by atoms with van der Waals surface area (Å²) in [6.45, 7) is -0.599. The summed E-state index contributed by atoms with van der Waals surface area (Å²) in [7, 11) is 8.79. The van der Waals surface area contributed by atoms with Crippen LogP contribution in [0, 0.1) is 0 Å². The van der Waals surface area contributed by atoms with E-state index in [0.717, 1.165) is 0 Å². The van der Waals surface area contributed by atoms with Gasteiger partial charge in [-0.1, -0.05) is 6.99 Å². The zero-order valence-corrected chi connectivity index (χ0v) is 9.40. The van der Waals surface area contributed by atoms with E-state index in [1.54, 1.807) is 0 Å². The summed E-state index contributed by atoms with van der Waals surface area (Å²) in [5.74, 6) is 0. The Balaban J connectivity index is 3.33. The first kappa shape index (κ1) is 9.25. The van der Waals surface area contributed by atoms with Gasteiger partial charge < -0.3 is 8.93 Å². The molecule has 0 saturated heterocycles. The van der Waals surface area contributed by atoms with Gasteiger partial charge in [-0.2, -0.15) is 0 Å². The van der Waals surface area contributed by atoms with Crippen molar-refractivity contribution in [3.05, 3.63) is 0 Å². The molecule has 0 aliphatic heterocycles. The molecule has 0 aromatic carbocycles. The molecule has 3 unspecified atom stereocenters. The maximum absolute atomic E-state index is 10.0. The molecule has 0 radical (unpaired) electrons. The van der Waals surface area contributed by atoms with Crippen LogP contribution in [0.4, 0.5) is 0 Å². The van der Waals surface area contributed by atoms with Crippen LogP contribution in [0.3, 0.4) is 0 Å². The topological polar surface area (TPSA) is 17.1 Å². The van der Waals surface area contributed by atoms with Gasteiger partial charge >= 0.3 is 0 Å². The Kier molecular flexibility index (Phi) is 6.70. The molecular weight excluding hydrogens is 202 g/mol. The first-order valence-electron chi connectivity index (χ1n) is 1.32. The van der Waals surface area contributed by atoms with Crippen LogP contribution in [0.5, 0.6) is 0 Å². The summed E-state index contributed by atoms with van der Waals surface area (Å²) < 4.78 is 10.0. The maximum Gasteiger partial charge on any atom is 0.153 e. The van der Waals surface area contributed by atoms with E-state index in [-0.39, 0.29) is 15.1 Å². The van der Waals surface area contributed by atoms with E-state index in [0.29, 0.717) is 0 Å². The summed E-state index contributed by atoms with van der Waals surface area (Å²) in [5, 5.41) is 0. The van der Waals surface area contributed by atoms with Crippen molar-refractivity contribution in [3.8, 4) is 0 Å². The van der Waals surface area contributed by atoms with Crippen LogP contribution < -0.4 is 0 Å². The summed E-state index contributed by atoms with van der Waals surface area (Å²) in [5.41, 5.74) is 0. The fourth-order valence-electron chi connectivity index (χ4n) is 0.0422. The van der Waals surface area contributed by atoms with E-state index >= 15 is 0 Å². The highest BCUT2D eigenvalue weighted by atomic mass is 33.0. The van der Waals surface area contributed by atoms with Crippen LogP contribution in [0.2, 0.25) is 0 Å². The van der Waals surface area contributed by atoms with Gasteiger partial charge in [0.1, 0.15) is 0 Å². The van der Waals surface area contributed by atoms with Gasteiger partial charge in [-0.3, -0.25) is 4.57 Å². The molecule has 7 heavy (non-hydrogen) atoms. The molecule has 0 aromatic rings. The number of hydrogen-bond acceptors (Lipinski definition) is 1. The van der Waals surface area contributed by atoms with Crippen LogP contribution in [-0.4, -0.2) is 0 Å². The van der Waals surface area contributed by atoms with Gasteiger partial charge in [-0.25, -0.2) is 0 Å². The van der Waals surface area contributed by atoms with Gasteiger partial charge in [-0.05, 0) is 0 Å². The van der Waals surface area contributed by atoms with Gasteiger partial charge in [0.2, 0.25) is 0 Å². The van der Waals surface area contributed by atoms with Crippen LogP contribution in [0.15, 0.2) is 0 Å². The second kappa shape index (κ2) is 5.07. The highest BCUT2D eigenvalue weighted by Gasteiger charge is 1.93. The Labute approximate surface area is 54.0 Å². The molecule has 0 N–H and O–H groups in total. The predicted molar refractivity (Wildman–Crippen MR) is 49.2 cm³/mol. The molecule has 0 saturated carbocycles. The van der Waals surface area contributed by atoms with Gasteiger partial charge in [-0.15, -0.1) is 24.8 Å². The Hall–Kier alpha value is 2.25. The van der Waals surface area contributed by atoms with E-state index in [1.165, 1.54) is 0 Å². The third-order valence-electron chi connectivity index (χ3n) is 0.296. The molecule has 7 heteroatoms. The first-order chi connectivity index (χ1) is 3.18. The van der Waals surface area contributed by atoms with Gasteiger partial charge in [0.15, 0.2) is 8.15 Å². The molecule has 1 nitrogen and oxygen atoms in total. The Morgan fingerprint density at radius 3 is 2.00 bits per heavy atom. The van der Waals surface area contributed by atoms with Crippen molar-refractivity contribution in [2.24, 2.45) is 0 Å². The van der Waals surface area contributed by atoms with E-state index in [9.17, 15) is 4.57 Å². The lowest BCUT2D eigenvalue weighted by Gasteiger charge is -2.15. The highest BCUT2D eigenvalue weighted by Crippen LogP contribution is 2.88. The summed E-state index contributed by atoms with van der Waals surface area (Å²) >= 11 is 0. The van der Waals surface area contributed by atoms with Crippen molar-refractivity contribution in [1.82, 2.24) is 0 Å². The molecule has 42 valence electrons. The largest absolute Gasteiger partial charge is 0.508 e. The normalized spacial score (nSPS) is 15.4. The third kappa shape index (κ3) is 4.73. The molecular formula is H5OP6-. The average molecular weight is 207 g/mol. The van der Waals surface area contributed by atoms with Crippen LogP contribution in [-0.2, 0) is 4.57 Å². The lowest BCUT2D eigenvalue weighted by Crippen LogP contribution is -1.19. The lowest BCUT2D eigenvalue weighted by atomic mass is 16.0. The molecule has 0 heterocycles. The van der Waals surface area contributed by atoms with Gasteiger partial charge in [0, 0.05) is 0 Å². The quantitative estimate of drug-likeness (QED) is 0.630.